The summed E-state index contributed by atoms with van der Waals surface area (Å²) >= 11 is 0. The highest BCUT2D eigenvalue weighted by atomic mass is 16.7. The van der Waals surface area contributed by atoms with Crippen LogP contribution in [-0.4, -0.2) is 44.5 Å². The quantitative estimate of drug-likeness (QED) is 0.515. The highest BCUT2D eigenvalue weighted by molar-refractivity contribution is 6.45. The summed E-state index contributed by atoms with van der Waals surface area (Å²) in [6.45, 7) is 5.66. The van der Waals surface area contributed by atoms with E-state index in [0.717, 1.165) is 0 Å². The molecule has 1 saturated heterocycles. The van der Waals surface area contributed by atoms with Crippen molar-refractivity contribution >= 4 is 19.1 Å². The average Bonchev–Trinajstić information content (AvgIpc) is 2.73. The van der Waals surface area contributed by atoms with Crippen molar-refractivity contribution in [3.63, 3.8) is 0 Å². The summed E-state index contributed by atoms with van der Waals surface area (Å²) in [7, 11) is -0.571. The zero-order valence-corrected chi connectivity index (χ0v) is 10.3. The molecule has 0 aliphatic carbocycles. The van der Waals surface area contributed by atoms with Crippen LogP contribution in [0.4, 0.5) is 0 Å². The zero-order valence-electron chi connectivity index (χ0n) is 10.3. The van der Waals surface area contributed by atoms with Crippen LogP contribution < -0.4 is 0 Å². The van der Waals surface area contributed by atoms with E-state index in [-0.39, 0.29) is 13.2 Å². The number of hydrogen-bond donors (Lipinski definition) is 0. The maximum absolute atomic E-state index is 11.6. The van der Waals surface area contributed by atoms with Gasteiger partial charge in [0.05, 0.1) is 13.2 Å². The molecule has 1 rings (SSSR count). The summed E-state index contributed by atoms with van der Waals surface area (Å²) in [5.41, 5.74) is 0. The molecule has 96 valence electrons. The lowest BCUT2D eigenvalue weighted by atomic mass is 9.87. The highest BCUT2D eigenvalue weighted by Crippen LogP contribution is 2.21. The van der Waals surface area contributed by atoms with Crippen LogP contribution in [0.3, 0.4) is 0 Å². The molecule has 0 amide bonds. The molecular weight excluding hydrogens is 227 g/mol. The van der Waals surface area contributed by atoms with Gasteiger partial charge in [0.25, 0.3) is 0 Å². The van der Waals surface area contributed by atoms with E-state index in [1.165, 1.54) is 0 Å². The first kappa shape index (κ1) is 14.0. The SMILES string of the molecule is CCOC(=O)C1OB(CC)OC1C(=O)OCC. The van der Waals surface area contributed by atoms with E-state index in [0.29, 0.717) is 6.32 Å². The second-order valence-corrected chi connectivity index (χ2v) is 3.46. The highest BCUT2D eigenvalue weighted by Gasteiger charge is 2.48. The Balaban J connectivity index is 2.70. The van der Waals surface area contributed by atoms with Crippen molar-refractivity contribution in [2.45, 2.75) is 39.3 Å². The third-order valence-electron chi connectivity index (χ3n) is 2.24. The molecule has 2 unspecified atom stereocenters. The average molecular weight is 244 g/mol. The van der Waals surface area contributed by atoms with Crippen molar-refractivity contribution in [2.24, 2.45) is 0 Å². The van der Waals surface area contributed by atoms with E-state index >= 15 is 0 Å². The number of carbonyl (C=O) groups is 2. The number of hydrogen-bond acceptors (Lipinski definition) is 6. The molecule has 0 spiro atoms. The summed E-state index contributed by atoms with van der Waals surface area (Å²) < 4.78 is 20.3. The van der Waals surface area contributed by atoms with Crippen LogP contribution in [-0.2, 0) is 28.4 Å². The van der Waals surface area contributed by atoms with Gasteiger partial charge in [0.2, 0.25) is 0 Å². The molecule has 0 radical (unpaired) electrons. The lowest BCUT2D eigenvalue weighted by Gasteiger charge is -2.15. The third kappa shape index (κ3) is 3.44. The van der Waals surface area contributed by atoms with Crippen molar-refractivity contribution in [2.75, 3.05) is 13.2 Å². The van der Waals surface area contributed by atoms with Gasteiger partial charge < -0.3 is 18.8 Å². The second-order valence-electron chi connectivity index (χ2n) is 3.46. The van der Waals surface area contributed by atoms with Gasteiger partial charge in [-0.3, -0.25) is 0 Å². The van der Waals surface area contributed by atoms with E-state index in [1.807, 2.05) is 6.92 Å². The zero-order chi connectivity index (χ0) is 12.8. The monoisotopic (exact) mass is 244 g/mol. The van der Waals surface area contributed by atoms with Crippen LogP contribution in [0.1, 0.15) is 20.8 Å². The minimum atomic E-state index is -1.03. The van der Waals surface area contributed by atoms with Gasteiger partial charge in [-0.2, -0.15) is 0 Å². The fraction of sp³-hybridized carbons (Fsp3) is 0.800. The molecule has 7 heteroatoms. The van der Waals surface area contributed by atoms with E-state index in [1.54, 1.807) is 13.8 Å². The molecule has 0 N–H and O–H groups in total. The predicted octanol–water partition coefficient (Wildman–Crippen LogP) is 0.405. The largest absolute Gasteiger partial charge is 0.464 e. The molecular formula is C10H17BO6. The fourth-order valence-electron chi connectivity index (χ4n) is 1.50. The number of ether oxygens (including phenoxy) is 2. The van der Waals surface area contributed by atoms with Crippen LogP contribution in [0.15, 0.2) is 0 Å². The van der Waals surface area contributed by atoms with Gasteiger partial charge in [0.1, 0.15) is 0 Å². The van der Waals surface area contributed by atoms with Crippen molar-refractivity contribution in [1.29, 1.82) is 0 Å². The molecule has 1 fully saturated rings. The molecule has 1 aliphatic heterocycles. The van der Waals surface area contributed by atoms with Crippen LogP contribution in [0, 0.1) is 0 Å². The molecule has 0 bridgehead atoms. The van der Waals surface area contributed by atoms with Crippen LogP contribution >= 0.6 is 0 Å². The maximum Gasteiger partial charge on any atom is 0.458 e. The standard InChI is InChI=1S/C10H17BO6/c1-4-11-16-7(9(12)14-5-2)8(17-11)10(13)15-6-3/h7-8H,4-6H2,1-3H3. The maximum atomic E-state index is 11.6. The van der Waals surface area contributed by atoms with Gasteiger partial charge in [0.15, 0.2) is 12.2 Å². The lowest BCUT2D eigenvalue weighted by molar-refractivity contribution is -0.163. The Morgan fingerprint density at radius 3 is 1.71 bits per heavy atom. The van der Waals surface area contributed by atoms with Gasteiger partial charge in [-0.25, -0.2) is 9.59 Å². The first-order valence-corrected chi connectivity index (χ1v) is 5.78. The molecule has 0 saturated carbocycles. The molecule has 0 aromatic carbocycles. The number of carbonyl (C=O) groups excluding carboxylic acids is 2. The predicted molar refractivity (Wildman–Crippen MR) is 59.2 cm³/mol. The lowest BCUT2D eigenvalue weighted by Crippen LogP contribution is -2.39. The molecule has 0 aromatic heterocycles. The van der Waals surface area contributed by atoms with Gasteiger partial charge in [-0.1, -0.05) is 6.92 Å². The van der Waals surface area contributed by atoms with Crippen LogP contribution in [0.2, 0.25) is 6.32 Å². The number of rotatable bonds is 5. The summed E-state index contributed by atoms with van der Waals surface area (Å²) in [4.78, 5) is 23.2. The second kappa shape index (κ2) is 6.61. The summed E-state index contributed by atoms with van der Waals surface area (Å²) in [5.74, 6) is -1.19. The topological polar surface area (TPSA) is 71.1 Å². The Bertz CT molecular complexity index is 256. The van der Waals surface area contributed by atoms with Gasteiger partial charge in [-0.05, 0) is 20.2 Å². The van der Waals surface area contributed by atoms with Crippen molar-refractivity contribution in [1.82, 2.24) is 0 Å². The summed E-state index contributed by atoms with van der Waals surface area (Å²) in [6, 6.07) is 0. The van der Waals surface area contributed by atoms with Crippen molar-refractivity contribution < 1.29 is 28.4 Å². The van der Waals surface area contributed by atoms with Gasteiger partial charge in [0, 0.05) is 0 Å². The van der Waals surface area contributed by atoms with Crippen molar-refractivity contribution in [3.05, 3.63) is 0 Å². The molecule has 2 atom stereocenters. The van der Waals surface area contributed by atoms with Gasteiger partial charge in [-0.15, -0.1) is 0 Å². The van der Waals surface area contributed by atoms with E-state index < -0.39 is 31.3 Å². The van der Waals surface area contributed by atoms with E-state index in [2.05, 4.69) is 0 Å². The van der Waals surface area contributed by atoms with Crippen LogP contribution in [0.25, 0.3) is 0 Å². The molecule has 1 heterocycles. The number of esters is 2. The normalized spacial score (nSPS) is 23.6. The Labute approximate surface area is 101 Å². The molecule has 17 heavy (non-hydrogen) atoms. The summed E-state index contributed by atoms with van der Waals surface area (Å²) in [6.07, 6.45) is -1.51. The van der Waals surface area contributed by atoms with E-state index in [4.69, 9.17) is 18.8 Å². The van der Waals surface area contributed by atoms with E-state index in [9.17, 15) is 9.59 Å². The molecule has 6 nitrogen and oxygen atoms in total. The van der Waals surface area contributed by atoms with Crippen molar-refractivity contribution in [3.8, 4) is 0 Å². The van der Waals surface area contributed by atoms with Crippen LogP contribution in [0.5, 0.6) is 0 Å². The minimum Gasteiger partial charge on any atom is -0.464 e. The first-order chi connectivity index (χ1) is 8.13. The molecule has 0 aromatic rings. The van der Waals surface area contributed by atoms with Gasteiger partial charge >= 0.3 is 19.1 Å². The Morgan fingerprint density at radius 2 is 1.41 bits per heavy atom. The smallest absolute Gasteiger partial charge is 0.458 e. The Morgan fingerprint density at radius 1 is 1.00 bits per heavy atom. The molecule has 1 aliphatic rings. The Hall–Kier alpha value is -1.08. The minimum absolute atomic E-state index is 0.227. The third-order valence-corrected chi connectivity index (χ3v) is 2.24. The first-order valence-electron chi connectivity index (χ1n) is 5.78. The summed E-state index contributed by atoms with van der Waals surface area (Å²) in [5, 5.41) is 0. The Kier molecular flexibility index (Phi) is 5.44. The fourth-order valence-corrected chi connectivity index (χ4v) is 1.50.